The third-order valence-corrected chi connectivity index (χ3v) is 3.71. The Morgan fingerprint density at radius 2 is 1.86 bits per heavy atom. The molecule has 0 aliphatic heterocycles. The fraction of sp³-hybridized carbons (Fsp3) is 0.647. The molecule has 1 rings (SSSR count). The molecular formula is C17H30N2O2. The molecule has 0 fully saturated rings. The van der Waals surface area contributed by atoms with Crippen LogP contribution >= 0.6 is 0 Å². The molecule has 0 aliphatic rings. The van der Waals surface area contributed by atoms with E-state index in [-0.39, 0.29) is 6.10 Å². The highest BCUT2D eigenvalue weighted by atomic mass is 16.5. The van der Waals surface area contributed by atoms with E-state index in [1.807, 2.05) is 37.3 Å². The second-order valence-corrected chi connectivity index (χ2v) is 5.82. The summed E-state index contributed by atoms with van der Waals surface area (Å²) in [6.07, 6.45) is -0.464. The smallest absolute Gasteiger partial charge is 0.0897 e. The standard InChI is InChI=1S/C17H30N2O2/c1-14(2)19(4)11-10-18-12-17(20)13-21-15(3)16-8-6-5-7-9-16/h5-9,14-15,17-18,20H,10-13H2,1-4H3. The first-order valence-electron chi connectivity index (χ1n) is 7.76. The summed E-state index contributed by atoms with van der Waals surface area (Å²) >= 11 is 0. The Kier molecular flexibility index (Phi) is 8.54. The average Bonchev–Trinajstić information content (AvgIpc) is 2.49. The van der Waals surface area contributed by atoms with Crippen molar-refractivity contribution in [2.75, 3.05) is 33.3 Å². The Hall–Kier alpha value is -0.940. The maximum atomic E-state index is 9.92. The number of nitrogens with zero attached hydrogens (tertiary/aromatic N) is 1. The van der Waals surface area contributed by atoms with Crippen LogP contribution in [-0.4, -0.2) is 55.4 Å². The van der Waals surface area contributed by atoms with Gasteiger partial charge in [0, 0.05) is 25.7 Å². The van der Waals surface area contributed by atoms with Gasteiger partial charge in [-0.15, -0.1) is 0 Å². The third kappa shape index (κ3) is 7.58. The van der Waals surface area contributed by atoms with Crippen LogP contribution in [0.1, 0.15) is 32.4 Å². The van der Waals surface area contributed by atoms with Crippen LogP contribution in [-0.2, 0) is 4.74 Å². The van der Waals surface area contributed by atoms with Gasteiger partial charge in [-0.3, -0.25) is 0 Å². The predicted molar refractivity (Wildman–Crippen MR) is 87.5 cm³/mol. The number of benzene rings is 1. The van der Waals surface area contributed by atoms with Crippen molar-refractivity contribution < 1.29 is 9.84 Å². The van der Waals surface area contributed by atoms with E-state index < -0.39 is 6.10 Å². The number of ether oxygens (including phenoxy) is 1. The molecule has 0 amide bonds. The fourth-order valence-corrected chi connectivity index (χ4v) is 1.92. The van der Waals surface area contributed by atoms with E-state index in [2.05, 4.69) is 31.1 Å². The van der Waals surface area contributed by atoms with Crippen LogP contribution in [0.15, 0.2) is 30.3 Å². The molecule has 0 heterocycles. The van der Waals surface area contributed by atoms with Gasteiger partial charge in [0.1, 0.15) is 0 Å². The molecule has 0 saturated heterocycles. The maximum Gasteiger partial charge on any atom is 0.0897 e. The van der Waals surface area contributed by atoms with Gasteiger partial charge in [0.05, 0.1) is 18.8 Å². The first-order valence-corrected chi connectivity index (χ1v) is 7.76. The van der Waals surface area contributed by atoms with E-state index in [0.29, 0.717) is 19.2 Å². The monoisotopic (exact) mass is 294 g/mol. The predicted octanol–water partition coefficient (Wildman–Crippen LogP) is 2.05. The van der Waals surface area contributed by atoms with Crippen LogP contribution < -0.4 is 5.32 Å². The summed E-state index contributed by atoms with van der Waals surface area (Å²) in [5, 5.41) is 13.2. The average molecular weight is 294 g/mol. The molecule has 0 bridgehead atoms. The molecule has 0 radical (unpaired) electrons. The second-order valence-electron chi connectivity index (χ2n) is 5.82. The Morgan fingerprint density at radius 1 is 1.19 bits per heavy atom. The fourth-order valence-electron chi connectivity index (χ4n) is 1.92. The summed E-state index contributed by atoms with van der Waals surface area (Å²) in [4.78, 5) is 2.27. The van der Waals surface area contributed by atoms with Gasteiger partial charge in [-0.05, 0) is 33.4 Å². The zero-order valence-electron chi connectivity index (χ0n) is 13.7. The number of aliphatic hydroxyl groups excluding tert-OH is 1. The number of aliphatic hydroxyl groups is 1. The van der Waals surface area contributed by atoms with Crippen LogP contribution in [0.4, 0.5) is 0 Å². The van der Waals surface area contributed by atoms with Crippen molar-refractivity contribution in [3.63, 3.8) is 0 Å². The van der Waals surface area contributed by atoms with Crippen molar-refractivity contribution in [1.29, 1.82) is 0 Å². The van der Waals surface area contributed by atoms with Crippen molar-refractivity contribution in [3.05, 3.63) is 35.9 Å². The largest absolute Gasteiger partial charge is 0.389 e. The Balaban J connectivity index is 2.12. The minimum Gasteiger partial charge on any atom is -0.389 e. The van der Waals surface area contributed by atoms with Gasteiger partial charge < -0.3 is 20.1 Å². The number of likely N-dealkylation sites (N-methyl/N-ethyl adjacent to an activating group) is 1. The van der Waals surface area contributed by atoms with Crippen LogP contribution in [0.5, 0.6) is 0 Å². The zero-order chi connectivity index (χ0) is 15.7. The molecule has 4 nitrogen and oxygen atoms in total. The lowest BCUT2D eigenvalue weighted by atomic mass is 10.1. The van der Waals surface area contributed by atoms with E-state index in [4.69, 9.17) is 4.74 Å². The lowest BCUT2D eigenvalue weighted by Gasteiger charge is -2.22. The molecular weight excluding hydrogens is 264 g/mol. The van der Waals surface area contributed by atoms with Crippen molar-refractivity contribution in [3.8, 4) is 0 Å². The van der Waals surface area contributed by atoms with E-state index in [9.17, 15) is 5.11 Å². The first kappa shape index (κ1) is 18.1. The number of nitrogens with one attached hydrogen (secondary N) is 1. The highest BCUT2D eigenvalue weighted by Gasteiger charge is 2.09. The molecule has 0 aromatic heterocycles. The molecule has 2 N–H and O–H groups in total. The van der Waals surface area contributed by atoms with E-state index in [1.54, 1.807) is 0 Å². The van der Waals surface area contributed by atoms with E-state index in [0.717, 1.165) is 18.7 Å². The Morgan fingerprint density at radius 3 is 2.48 bits per heavy atom. The van der Waals surface area contributed by atoms with Crippen LogP contribution in [0.25, 0.3) is 0 Å². The third-order valence-electron chi connectivity index (χ3n) is 3.71. The molecule has 2 unspecified atom stereocenters. The van der Waals surface area contributed by atoms with Gasteiger partial charge >= 0.3 is 0 Å². The first-order chi connectivity index (χ1) is 10.0. The van der Waals surface area contributed by atoms with Gasteiger partial charge in [0.25, 0.3) is 0 Å². The Bertz CT molecular complexity index is 370. The summed E-state index contributed by atoms with van der Waals surface area (Å²) < 4.78 is 5.71. The molecule has 120 valence electrons. The van der Waals surface area contributed by atoms with Crippen molar-refractivity contribution in [2.45, 2.75) is 39.0 Å². The maximum absolute atomic E-state index is 9.92. The SMILES string of the molecule is CC(OCC(O)CNCCN(C)C(C)C)c1ccccc1. The van der Waals surface area contributed by atoms with Crippen LogP contribution in [0.2, 0.25) is 0 Å². The Labute approximate surface area is 129 Å². The molecule has 0 spiro atoms. The normalized spacial score (nSPS) is 14.6. The minimum atomic E-state index is -0.472. The number of hydrogen-bond acceptors (Lipinski definition) is 4. The zero-order valence-corrected chi connectivity index (χ0v) is 13.7. The highest BCUT2D eigenvalue weighted by molar-refractivity contribution is 5.16. The van der Waals surface area contributed by atoms with E-state index in [1.165, 1.54) is 0 Å². The van der Waals surface area contributed by atoms with Crippen LogP contribution in [0.3, 0.4) is 0 Å². The van der Waals surface area contributed by atoms with Gasteiger partial charge in [0.15, 0.2) is 0 Å². The van der Waals surface area contributed by atoms with Crippen molar-refractivity contribution in [1.82, 2.24) is 10.2 Å². The molecule has 2 atom stereocenters. The molecule has 4 heteroatoms. The molecule has 1 aromatic carbocycles. The highest BCUT2D eigenvalue weighted by Crippen LogP contribution is 2.15. The van der Waals surface area contributed by atoms with Gasteiger partial charge in [-0.25, -0.2) is 0 Å². The molecule has 21 heavy (non-hydrogen) atoms. The van der Waals surface area contributed by atoms with Crippen molar-refractivity contribution >= 4 is 0 Å². The topological polar surface area (TPSA) is 44.7 Å². The summed E-state index contributed by atoms with van der Waals surface area (Å²) in [7, 11) is 2.10. The molecule has 0 saturated carbocycles. The summed E-state index contributed by atoms with van der Waals surface area (Å²) in [5.74, 6) is 0. The minimum absolute atomic E-state index is 0.00734. The quantitative estimate of drug-likeness (QED) is 0.648. The molecule has 0 aliphatic carbocycles. The summed E-state index contributed by atoms with van der Waals surface area (Å²) in [6, 6.07) is 10.6. The lowest BCUT2D eigenvalue weighted by Crippen LogP contribution is -2.37. The molecule has 1 aromatic rings. The van der Waals surface area contributed by atoms with Crippen LogP contribution in [0, 0.1) is 0 Å². The van der Waals surface area contributed by atoms with Gasteiger partial charge in [0.2, 0.25) is 0 Å². The van der Waals surface area contributed by atoms with Gasteiger partial charge in [-0.1, -0.05) is 30.3 Å². The summed E-state index contributed by atoms with van der Waals surface area (Å²) in [6.45, 7) is 9.12. The number of rotatable bonds is 10. The van der Waals surface area contributed by atoms with Crippen molar-refractivity contribution in [2.24, 2.45) is 0 Å². The lowest BCUT2D eigenvalue weighted by molar-refractivity contribution is -0.00210. The second kappa shape index (κ2) is 9.90. The number of hydrogen-bond donors (Lipinski definition) is 2. The van der Waals surface area contributed by atoms with Gasteiger partial charge in [-0.2, -0.15) is 0 Å². The summed E-state index contributed by atoms with van der Waals surface area (Å²) in [5.41, 5.74) is 1.14. The van der Waals surface area contributed by atoms with E-state index >= 15 is 0 Å².